The highest BCUT2D eigenvalue weighted by atomic mass is 35.5. The van der Waals surface area contributed by atoms with Gasteiger partial charge in [-0.1, -0.05) is 55.5 Å². The van der Waals surface area contributed by atoms with Crippen LogP contribution < -0.4 is 19.1 Å². The SMILES string of the molecule is CCC(C(=O)NC1CCCCC1)N(Cc1ccc(Cl)c(Cl)c1)C(=O)CN(c1ccc2c(c1)OCCO2)S(C)(=O)=O. The highest BCUT2D eigenvalue weighted by Crippen LogP contribution is 2.35. The van der Waals surface area contributed by atoms with Gasteiger partial charge in [0.25, 0.3) is 0 Å². The van der Waals surface area contributed by atoms with Crippen molar-refractivity contribution in [3.05, 3.63) is 52.0 Å². The fraction of sp³-hybridized carbons (Fsp3) is 0.500. The summed E-state index contributed by atoms with van der Waals surface area (Å²) in [6.07, 6.45) is 6.41. The van der Waals surface area contributed by atoms with Crippen molar-refractivity contribution in [1.82, 2.24) is 10.2 Å². The average molecular weight is 613 g/mol. The van der Waals surface area contributed by atoms with E-state index in [1.807, 2.05) is 6.92 Å². The van der Waals surface area contributed by atoms with Gasteiger partial charge in [-0.15, -0.1) is 0 Å². The van der Waals surface area contributed by atoms with Gasteiger partial charge in [0.05, 0.1) is 22.0 Å². The Morgan fingerprint density at radius 2 is 1.70 bits per heavy atom. The van der Waals surface area contributed by atoms with E-state index in [4.69, 9.17) is 32.7 Å². The Balaban J connectivity index is 1.64. The first-order valence-electron chi connectivity index (χ1n) is 13.5. The van der Waals surface area contributed by atoms with Gasteiger partial charge in [-0.2, -0.15) is 0 Å². The van der Waals surface area contributed by atoms with E-state index in [-0.39, 0.29) is 24.2 Å². The molecule has 4 rings (SSSR count). The lowest BCUT2D eigenvalue weighted by atomic mass is 9.95. The van der Waals surface area contributed by atoms with E-state index in [0.717, 1.165) is 42.7 Å². The molecule has 1 N–H and O–H groups in total. The summed E-state index contributed by atoms with van der Waals surface area (Å²) in [6.45, 7) is 2.10. The molecule has 2 aliphatic rings. The summed E-state index contributed by atoms with van der Waals surface area (Å²) in [7, 11) is -3.88. The molecule has 0 saturated heterocycles. The molecule has 0 spiro atoms. The quantitative estimate of drug-likeness (QED) is 0.414. The average Bonchev–Trinajstić information content (AvgIpc) is 2.93. The molecule has 218 valence electrons. The maximum atomic E-state index is 13.9. The van der Waals surface area contributed by atoms with Crippen molar-refractivity contribution in [2.75, 3.05) is 30.3 Å². The number of benzene rings is 2. The molecule has 40 heavy (non-hydrogen) atoms. The molecule has 12 heteroatoms. The zero-order chi connectivity index (χ0) is 28.9. The monoisotopic (exact) mass is 611 g/mol. The van der Waals surface area contributed by atoms with Crippen LogP contribution in [0.4, 0.5) is 5.69 Å². The van der Waals surface area contributed by atoms with Crippen molar-refractivity contribution in [1.29, 1.82) is 0 Å². The number of hydrogen-bond acceptors (Lipinski definition) is 6. The minimum Gasteiger partial charge on any atom is -0.486 e. The van der Waals surface area contributed by atoms with Crippen LogP contribution in [-0.4, -0.2) is 63.2 Å². The third-order valence-corrected chi connectivity index (χ3v) is 9.05. The number of nitrogens with zero attached hydrogens (tertiary/aromatic N) is 2. The molecule has 1 fully saturated rings. The molecule has 1 unspecified atom stereocenters. The number of amides is 2. The van der Waals surface area contributed by atoms with E-state index in [2.05, 4.69) is 5.32 Å². The van der Waals surface area contributed by atoms with Crippen molar-refractivity contribution in [2.45, 2.75) is 64.1 Å². The predicted molar refractivity (Wildman–Crippen MR) is 156 cm³/mol. The Morgan fingerprint density at radius 1 is 1.00 bits per heavy atom. The maximum absolute atomic E-state index is 13.9. The van der Waals surface area contributed by atoms with Crippen LogP contribution in [0.1, 0.15) is 51.0 Å². The Bertz CT molecular complexity index is 1330. The molecule has 2 aromatic rings. The smallest absolute Gasteiger partial charge is 0.244 e. The van der Waals surface area contributed by atoms with Crippen LogP contribution in [0.15, 0.2) is 36.4 Å². The molecule has 2 amide bonds. The molecule has 0 aromatic heterocycles. The summed E-state index contributed by atoms with van der Waals surface area (Å²) in [5.74, 6) is 0.113. The molecule has 1 atom stereocenters. The lowest BCUT2D eigenvalue weighted by molar-refractivity contribution is -0.140. The van der Waals surface area contributed by atoms with Crippen LogP contribution in [0.5, 0.6) is 11.5 Å². The van der Waals surface area contributed by atoms with Crippen LogP contribution in [0, 0.1) is 0 Å². The first kappa shape index (κ1) is 30.3. The third-order valence-electron chi connectivity index (χ3n) is 7.17. The first-order chi connectivity index (χ1) is 19.1. The van der Waals surface area contributed by atoms with E-state index < -0.39 is 28.5 Å². The van der Waals surface area contributed by atoms with Crippen molar-refractivity contribution in [2.24, 2.45) is 0 Å². The van der Waals surface area contributed by atoms with Crippen molar-refractivity contribution < 1.29 is 27.5 Å². The summed E-state index contributed by atoms with van der Waals surface area (Å²) in [6, 6.07) is 8.97. The predicted octanol–water partition coefficient (Wildman–Crippen LogP) is 4.79. The Kier molecular flexibility index (Phi) is 10.1. The van der Waals surface area contributed by atoms with Crippen LogP contribution in [-0.2, 0) is 26.2 Å². The molecular formula is C28H35Cl2N3O6S. The molecule has 0 radical (unpaired) electrons. The Labute approximate surface area is 245 Å². The number of fused-ring (bicyclic) bond motifs is 1. The minimum atomic E-state index is -3.88. The van der Waals surface area contributed by atoms with Gasteiger partial charge in [0.15, 0.2) is 11.5 Å². The van der Waals surface area contributed by atoms with Crippen LogP contribution in [0.2, 0.25) is 10.0 Å². The standard InChI is InChI=1S/C28H35Cl2N3O6S/c1-3-24(28(35)31-20-7-5-4-6-8-20)32(17-19-9-11-22(29)23(30)15-19)27(34)18-33(40(2,36)37)21-10-12-25-26(16-21)39-14-13-38-25/h9-12,15-16,20,24H,3-8,13-14,17-18H2,1-2H3,(H,31,35). The first-order valence-corrected chi connectivity index (χ1v) is 16.1. The van der Waals surface area contributed by atoms with Crippen LogP contribution in [0.25, 0.3) is 0 Å². The van der Waals surface area contributed by atoms with Gasteiger partial charge >= 0.3 is 0 Å². The number of nitrogens with one attached hydrogen (secondary N) is 1. The van der Waals surface area contributed by atoms with Crippen LogP contribution >= 0.6 is 23.2 Å². The molecule has 0 bridgehead atoms. The van der Waals surface area contributed by atoms with Gasteiger partial charge in [-0.3, -0.25) is 13.9 Å². The maximum Gasteiger partial charge on any atom is 0.244 e. The summed E-state index contributed by atoms with van der Waals surface area (Å²) in [5, 5.41) is 3.81. The number of halogens is 2. The van der Waals surface area contributed by atoms with Crippen molar-refractivity contribution in [3.63, 3.8) is 0 Å². The summed E-state index contributed by atoms with van der Waals surface area (Å²) in [4.78, 5) is 28.9. The molecule has 1 aliphatic carbocycles. The van der Waals surface area contributed by atoms with Crippen LogP contribution in [0.3, 0.4) is 0 Å². The van der Waals surface area contributed by atoms with Gasteiger partial charge in [-0.25, -0.2) is 8.42 Å². The second kappa shape index (κ2) is 13.3. The summed E-state index contributed by atoms with van der Waals surface area (Å²) in [5.41, 5.74) is 0.922. The molecule has 1 heterocycles. The van der Waals surface area contributed by atoms with E-state index in [1.54, 1.807) is 36.4 Å². The van der Waals surface area contributed by atoms with E-state index in [0.29, 0.717) is 46.7 Å². The normalized spacial score (nSPS) is 16.2. The fourth-order valence-corrected chi connectivity index (χ4v) is 6.26. The van der Waals surface area contributed by atoms with Crippen molar-refractivity contribution in [3.8, 4) is 11.5 Å². The highest BCUT2D eigenvalue weighted by Gasteiger charge is 2.33. The number of sulfonamides is 1. The number of rotatable bonds is 10. The van der Waals surface area contributed by atoms with E-state index in [9.17, 15) is 18.0 Å². The van der Waals surface area contributed by atoms with Crippen molar-refractivity contribution >= 4 is 50.7 Å². The summed E-state index contributed by atoms with van der Waals surface area (Å²) >= 11 is 12.3. The zero-order valence-corrected chi connectivity index (χ0v) is 25.0. The third kappa shape index (κ3) is 7.53. The highest BCUT2D eigenvalue weighted by molar-refractivity contribution is 7.92. The lowest BCUT2D eigenvalue weighted by Gasteiger charge is -2.34. The van der Waals surface area contributed by atoms with Gasteiger partial charge in [0, 0.05) is 18.7 Å². The largest absolute Gasteiger partial charge is 0.486 e. The summed E-state index contributed by atoms with van der Waals surface area (Å²) < 4.78 is 38.0. The molecule has 1 aliphatic heterocycles. The zero-order valence-electron chi connectivity index (χ0n) is 22.7. The number of hydrogen-bond donors (Lipinski definition) is 1. The Morgan fingerprint density at radius 3 is 2.35 bits per heavy atom. The number of carbonyl (C=O) groups is 2. The number of anilines is 1. The topological polar surface area (TPSA) is 105 Å². The van der Waals surface area contributed by atoms with Gasteiger partial charge in [-0.05, 0) is 49.1 Å². The number of carbonyl (C=O) groups excluding carboxylic acids is 2. The van der Waals surface area contributed by atoms with E-state index in [1.165, 1.54) is 4.90 Å². The molecule has 1 saturated carbocycles. The van der Waals surface area contributed by atoms with Gasteiger partial charge in [0.2, 0.25) is 21.8 Å². The molecular weight excluding hydrogens is 577 g/mol. The second-order valence-corrected chi connectivity index (χ2v) is 12.9. The van der Waals surface area contributed by atoms with Gasteiger partial charge in [0.1, 0.15) is 25.8 Å². The fourth-order valence-electron chi connectivity index (χ4n) is 5.10. The molecule has 2 aromatic carbocycles. The molecule has 9 nitrogen and oxygen atoms in total. The lowest BCUT2D eigenvalue weighted by Crippen LogP contribution is -2.53. The minimum absolute atomic E-state index is 0.0467. The van der Waals surface area contributed by atoms with Gasteiger partial charge < -0.3 is 19.7 Å². The Hall–Kier alpha value is -2.69. The number of ether oxygens (including phenoxy) is 2. The second-order valence-electron chi connectivity index (χ2n) is 10.1. The van der Waals surface area contributed by atoms with E-state index >= 15 is 0 Å².